The first kappa shape index (κ1) is 13.8. The molecule has 2 N–H and O–H groups in total. The zero-order valence-electron chi connectivity index (χ0n) is 11.7. The highest BCUT2D eigenvalue weighted by atomic mass is 16.1. The Hall–Kier alpha value is -0.610. The van der Waals surface area contributed by atoms with Crippen LogP contribution in [0.15, 0.2) is 0 Å². The maximum Gasteiger partial charge on any atom is 0.234 e. The van der Waals surface area contributed by atoms with Crippen molar-refractivity contribution in [3.8, 4) is 0 Å². The summed E-state index contributed by atoms with van der Waals surface area (Å²) in [5, 5.41) is 6.47. The Labute approximate surface area is 110 Å². The van der Waals surface area contributed by atoms with Gasteiger partial charge in [-0.3, -0.25) is 9.69 Å². The summed E-state index contributed by atoms with van der Waals surface area (Å²) in [7, 11) is 0. The smallest absolute Gasteiger partial charge is 0.234 e. The molecule has 4 heteroatoms. The first-order valence-corrected chi connectivity index (χ1v) is 7.49. The van der Waals surface area contributed by atoms with Crippen LogP contribution in [0.5, 0.6) is 0 Å². The highest BCUT2D eigenvalue weighted by Crippen LogP contribution is 2.29. The van der Waals surface area contributed by atoms with E-state index in [2.05, 4.69) is 29.4 Å². The predicted molar refractivity (Wildman–Crippen MR) is 73.5 cm³/mol. The van der Waals surface area contributed by atoms with Crippen LogP contribution in [0.2, 0.25) is 0 Å². The molecule has 0 radical (unpaired) electrons. The van der Waals surface area contributed by atoms with E-state index in [1.165, 1.54) is 25.8 Å². The Balaban J connectivity index is 1.61. The van der Waals surface area contributed by atoms with Crippen molar-refractivity contribution in [1.82, 2.24) is 15.5 Å². The number of rotatable bonds is 7. The Bertz CT molecular complexity index is 274. The molecule has 1 saturated heterocycles. The highest BCUT2D eigenvalue weighted by molar-refractivity contribution is 5.78. The Morgan fingerprint density at radius 2 is 2.00 bits per heavy atom. The van der Waals surface area contributed by atoms with Crippen molar-refractivity contribution < 1.29 is 4.79 Å². The second-order valence-corrected chi connectivity index (χ2v) is 5.67. The molecule has 4 nitrogen and oxygen atoms in total. The maximum atomic E-state index is 11.8. The van der Waals surface area contributed by atoms with E-state index in [0.29, 0.717) is 18.6 Å². The van der Waals surface area contributed by atoms with Gasteiger partial charge < -0.3 is 10.6 Å². The number of carbonyl (C=O) groups is 1. The van der Waals surface area contributed by atoms with E-state index in [1.807, 2.05) is 0 Å². The standard InChI is InChI=1S/C14H27N3O/c1-3-11(4-2)16-14(18)9-15-12-7-8-17(10-12)13-5-6-13/h11-13,15H,3-10H2,1-2H3,(H,16,18). The SMILES string of the molecule is CCC(CC)NC(=O)CNC1CCN(C2CC2)C1. The first-order valence-electron chi connectivity index (χ1n) is 7.49. The van der Waals surface area contributed by atoms with E-state index in [1.54, 1.807) is 0 Å². The molecule has 1 aliphatic carbocycles. The molecule has 0 bridgehead atoms. The summed E-state index contributed by atoms with van der Waals surface area (Å²) in [6.07, 6.45) is 5.97. The van der Waals surface area contributed by atoms with Crippen LogP contribution in [0.4, 0.5) is 0 Å². The van der Waals surface area contributed by atoms with Crippen LogP contribution in [0.1, 0.15) is 46.0 Å². The fourth-order valence-corrected chi connectivity index (χ4v) is 2.73. The molecule has 104 valence electrons. The fraction of sp³-hybridized carbons (Fsp3) is 0.929. The number of nitrogens with one attached hydrogen (secondary N) is 2. The maximum absolute atomic E-state index is 11.8. The lowest BCUT2D eigenvalue weighted by molar-refractivity contribution is -0.121. The van der Waals surface area contributed by atoms with Gasteiger partial charge in [0.2, 0.25) is 5.91 Å². The van der Waals surface area contributed by atoms with Gasteiger partial charge >= 0.3 is 0 Å². The van der Waals surface area contributed by atoms with Crippen LogP contribution in [0.25, 0.3) is 0 Å². The number of carbonyl (C=O) groups excluding carboxylic acids is 1. The van der Waals surface area contributed by atoms with Crippen LogP contribution < -0.4 is 10.6 Å². The number of nitrogens with zero attached hydrogens (tertiary/aromatic N) is 1. The average molecular weight is 253 g/mol. The zero-order valence-corrected chi connectivity index (χ0v) is 11.7. The summed E-state index contributed by atoms with van der Waals surface area (Å²) in [4.78, 5) is 14.3. The predicted octanol–water partition coefficient (Wildman–Crippen LogP) is 1.12. The molecule has 1 aliphatic heterocycles. The van der Waals surface area contributed by atoms with Crippen molar-refractivity contribution in [1.29, 1.82) is 0 Å². The third-order valence-electron chi connectivity index (χ3n) is 4.18. The average Bonchev–Trinajstić information content (AvgIpc) is 3.13. The molecule has 18 heavy (non-hydrogen) atoms. The van der Waals surface area contributed by atoms with Crippen LogP contribution >= 0.6 is 0 Å². The number of amides is 1. The Kier molecular flexibility index (Phi) is 5.01. The lowest BCUT2D eigenvalue weighted by Crippen LogP contribution is -2.43. The molecule has 1 unspecified atom stereocenters. The molecule has 2 fully saturated rings. The molecule has 2 rings (SSSR count). The van der Waals surface area contributed by atoms with Crippen molar-refractivity contribution in [3.63, 3.8) is 0 Å². The highest BCUT2D eigenvalue weighted by Gasteiger charge is 2.34. The third kappa shape index (κ3) is 3.95. The molecule has 1 amide bonds. The first-order chi connectivity index (χ1) is 8.72. The summed E-state index contributed by atoms with van der Waals surface area (Å²) in [5.74, 6) is 0.147. The van der Waals surface area contributed by atoms with Crippen molar-refractivity contribution in [3.05, 3.63) is 0 Å². The number of likely N-dealkylation sites (tertiary alicyclic amines) is 1. The van der Waals surface area contributed by atoms with Gasteiger partial charge in [0.15, 0.2) is 0 Å². The van der Waals surface area contributed by atoms with Crippen molar-refractivity contribution >= 4 is 5.91 Å². The van der Waals surface area contributed by atoms with Crippen molar-refractivity contribution in [2.75, 3.05) is 19.6 Å². The van der Waals surface area contributed by atoms with E-state index in [0.717, 1.165) is 25.4 Å². The van der Waals surface area contributed by atoms with E-state index in [-0.39, 0.29) is 5.91 Å². The summed E-state index contributed by atoms with van der Waals surface area (Å²) in [6.45, 7) is 7.04. The fourth-order valence-electron chi connectivity index (χ4n) is 2.73. The summed E-state index contributed by atoms with van der Waals surface area (Å²) in [5.41, 5.74) is 0. The molecule has 1 saturated carbocycles. The van der Waals surface area contributed by atoms with Gasteiger partial charge in [-0.1, -0.05) is 13.8 Å². The van der Waals surface area contributed by atoms with E-state index < -0.39 is 0 Å². The third-order valence-corrected chi connectivity index (χ3v) is 4.18. The molecule has 1 heterocycles. The van der Waals surface area contributed by atoms with Crippen molar-refractivity contribution in [2.24, 2.45) is 0 Å². The Morgan fingerprint density at radius 3 is 2.61 bits per heavy atom. The zero-order chi connectivity index (χ0) is 13.0. The van der Waals surface area contributed by atoms with Gasteiger partial charge in [-0.05, 0) is 32.1 Å². The number of hydrogen-bond acceptors (Lipinski definition) is 3. The van der Waals surface area contributed by atoms with E-state index in [9.17, 15) is 4.79 Å². The van der Waals surface area contributed by atoms with Crippen LogP contribution in [-0.2, 0) is 4.79 Å². The second-order valence-electron chi connectivity index (χ2n) is 5.67. The van der Waals surface area contributed by atoms with E-state index >= 15 is 0 Å². The van der Waals surface area contributed by atoms with Crippen LogP contribution in [-0.4, -0.2) is 48.6 Å². The second kappa shape index (κ2) is 6.53. The van der Waals surface area contributed by atoms with Gasteiger partial charge in [0.25, 0.3) is 0 Å². The van der Waals surface area contributed by atoms with Gasteiger partial charge in [-0.2, -0.15) is 0 Å². The lowest BCUT2D eigenvalue weighted by atomic mass is 10.2. The van der Waals surface area contributed by atoms with Gasteiger partial charge in [-0.15, -0.1) is 0 Å². The van der Waals surface area contributed by atoms with Crippen molar-refractivity contribution in [2.45, 2.75) is 64.1 Å². The minimum atomic E-state index is 0.147. The normalized spacial score (nSPS) is 24.7. The molecule has 2 aliphatic rings. The molecular weight excluding hydrogens is 226 g/mol. The van der Waals surface area contributed by atoms with Crippen LogP contribution in [0, 0.1) is 0 Å². The molecule has 0 aromatic rings. The molecule has 0 spiro atoms. The summed E-state index contributed by atoms with van der Waals surface area (Å²) < 4.78 is 0. The molecule has 0 aromatic carbocycles. The molecule has 1 atom stereocenters. The quantitative estimate of drug-likeness (QED) is 0.714. The topological polar surface area (TPSA) is 44.4 Å². The van der Waals surface area contributed by atoms with Gasteiger partial charge in [-0.25, -0.2) is 0 Å². The van der Waals surface area contributed by atoms with Gasteiger partial charge in [0.05, 0.1) is 6.54 Å². The lowest BCUT2D eigenvalue weighted by Gasteiger charge is -2.18. The van der Waals surface area contributed by atoms with Gasteiger partial charge in [0.1, 0.15) is 0 Å². The van der Waals surface area contributed by atoms with E-state index in [4.69, 9.17) is 0 Å². The molecule has 0 aromatic heterocycles. The minimum absolute atomic E-state index is 0.147. The van der Waals surface area contributed by atoms with Crippen LogP contribution in [0.3, 0.4) is 0 Å². The largest absolute Gasteiger partial charge is 0.352 e. The van der Waals surface area contributed by atoms with Gasteiger partial charge in [0, 0.05) is 31.2 Å². The summed E-state index contributed by atoms with van der Waals surface area (Å²) >= 11 is 0. The number of hydrogen-bond donors (Lipinski definition) is 2. The Morgan fingerprint density at radius 1 is 1.28 bits per heavy atom. The minimum Gasteiger partial charge on any atom is -0.352 e. The summed E-state index contributed by atoms with van der Waals surface area (Å²) in [6, 6.07) is 1.71. The monoisotopic (exact) mass is 253 g/mol. The molecular formula is C14H27N3O.